The SMILES string of the molecule is CC(C)C1(CNCc2c(F)cc(C#N)cc2F)CC1. The van der Waals surface area contributed by atoms with Crippen LogP contribution >= 0.6 is 0 Å². The molecule has 0 saturated heterocycles. The normalized spacial score (nSPS) is 16.4. The summed E-state index contributed by atoms with van der Waals surface area (Å²) in [6.07, 6.45) is 2.35. The minimum Gasteiger partial charge on any atom is -0.312 e. The quantitative estimate of drug-likeness (QED) is 0.885. The Hall–Kier alpha value is -1.47. The second-order valence-electron chi connectivity index (χ2n) is 5.65. The molecule has 0 aromatic heterocycles. The van der Waals surface area contributed by atoms with E-state index in [1.54, 1.807) is 6.07 Å². The Bertz CT molecular complexity index is 490. The van der Waals surface area contributed by atoms with Crippen LogP contribution in [0, 0.1) is 34.3 Å². The fourth-order valence-electron chi connectivity index (χ4n) is 2.39. The van der Waals surface area contributed by atoms with Crippen LogP contribution in [0.3, 0.4) is 0 Å². The Kier molecular flexibility index (Phi) is 3.86. The lowest BCUT2D eigenvalue weighted by Crippen LogP contribution is -2.27. The molecule has 1 aromatic carbocycles. The molecule has 1 saturated carbocycles. The molecule has 1 fully saturated rings. The van der Waals surface area contributed by atoms with E-state index in [4.69, 9.17) is 5.26 Å². The van der Waals surface area contributed by atoms with Crippen molar-refractivity contribution in [1.82, 2.24) is 5.32 Å². The first-order chi connectivity index (χ1) is 8.98. The van der Waals surface area contributed by atoms with Gasteiger partial charge < -0.3 is 5.32 Å². The Morgan fingerprint density at radius 2 is 1.89 bits per heavy atom. The average Bonchev–Trinajstić information content (AvgIpc) is 3.13. The number of hydrogen-bond donors (Lipinski definition) is 1. The van der Waals surface area contributed by atoms with E-state index in [9.17, 15) is 8.78 Å². The van der Waals surface area contributed by atoms with Gasteiger partial charge in [-0.05, 0) is 36.3 Å². The summed E-state index contributed by atoms with van der Waals surface area (Å²) >= 11 is 0. The van der Waals surface area contributed by atoms with Crippen molar-refractivity contribution >= 4 is 0 Å². The molecule has 0 atom stereocenters. The zero-order valence-corrected chi connectivity index (χ0v) is 11.3. The molecule has 2 nitrogen and oxygen atoms in total. The van der Waals surface area contributed by atoms with E-state index in [1.807, 2.05) is 0 Å². The van der Waals surface area contributed by atoms with Crippen molar-refractivity contribution in [1.29, 1.82) is 5.26 Å². The standard InChI is InChI=1S/C15H18F2N2/c1-10(2)15(3-4-15)9-19-8-12-13(16)5-11(7-18)6-14(12)17/h5-6,10,19H,3-4,8-9H2,1-2H3. The van der Waals surface area contributed by atoms with Gasteiger partial charge in [0.25, 0.3) is 0 Å². The van der Waals surface area contributed by atoms with E-state index in [1.165, 1.54) is 12.8 Å². The predicted molar refractivity (Wildman–Crippen MR) is 69.3 cm³/mol. The molecule has 1 aliphatic carbocycles. The predicted octanol–water partition coefficient (Wildman–Crippen LogP) is 3.36. The fraction of sp³-hybridized carbons (Fsp3) is 0.533. The van der Waals surface area contributed by atoms with Crippen molar-refractivity contribution in [3.63, 3.8) is 0 Å². The third-order valence-corrected chi connectivity index (χ3v) is 4.17. The molecule has 1 aliphatic rings. The van der Waals surface area contributed by atoms with E-state index in [0.717, 1.165) is 18.7 Å². The number of hydrogen-bond acceptors (Lipinski definition) is 2. The van der Waals surface area contributed by atoms with Gasteiger partial charge in [0.1, 0.15) is 11.6 Å². The van der Waals surface area contributed by atoms with Gasteiger partial charge in [-0.3, -0.25) is 0 Å². The summed E-state index contributed by atoms with van der Waals surface area (Å²) in [4.78, 5) is 0. The zero-order valence-electron chi connectivity index (χ0n) is 11.3. The highest BCUT2D eigenvalue weighted by Gasteiger charge is 2.44. The highest BCUT2D eigenvalue weighted by atomic mass is 19.1. The molecule has 0 heterocycles. The fourth-order valence-corrected chi connectivity index (χ4v) is 2.39. The van der Waals surface area contributed by atoms with E-state index < -0.39 is 11.6 Å². The van der Waals surface area contributed by atoms with Gasteiger partial charge in [-0.15, -0.1) is 0 Å². The summed E-state index contributed by atoms with van der Waals surface area (Å²) in [5.41, 5.74) is 0.331. The minimum atomic E-state index is -0.654. The van der Waals surface area contributed by atoms with Gasteiger partial charge in [-0.2, -0.15) is 5.26 Å². The number of rotatable bonds is 5. The molecular formula is C15H18F2N2. The smallest absolute Gasteiger partial charge is 0.131 e. The van der Waals surface area contributed by atoms with E-state index in [-0.39, 0.29) is 17.7 Å². The highest BCUT2D eigenvalue weighted by molar-refractivity contribution is 5.34. The molecule has 0 bridgehead atoms. The number of nitriles is 1. The summed E-state index contributed by atoms with van der Waals surface area (Å²) < 4.78 is 27.3. The average molecular weight is 264 g/mol. The number of benzene rings is 1. The Labute approximate surface area is 112 Å². The molecule has 0 amide bonds. The molecular weight excluding hydrogens is 246 g/mol. The van der Waals surface area contributed by atoms with Gasteiger partial charge in [0.2, 0.25) is 0 Å². The first-order valence-electron chi connectivity index (χ1n) is 6.57. The molecule has 102 valence electrons. The maximum atomic E-state index is 13.7. The molecule has 0 radical (unpaired) electrons. The van der Waals surface area contributed by atoms with Crippen molar-refractivity contribution in [3.05, 3.63) is 34.9 Å². The van der Waals surface area contributed by atoms with Crippen LogP contribution < -0.4 is 5.32 Å². The summed E-state index contributed by atoms with van der Waals surface area (Å²) in [5, 5.41) is 11.8. The van der Waals surface area contributed by atoms with Crippen LogP contribution in [-0.2, 0) is 6.54 Å². The Morgan fingerprint density at radius 3 is 2.32 bits per heavy atom. The molecule has 1 N–H and O–H groups in total. The molecule has 0 aliphatic heterocycles. The van der Waals surface area contributed by atoms with Crippen molar-refractivity contribution in [2.45, 2.75) is 33.2 Å². The molecule has 0 spiro atoms. The summed E-state index contributed by atoms with van der Waals surface area (Å²) in [7, 11) is 0. The first-order valence-corrected chi connectivity index (χ1v) is 6.57. The Balaban J connectivity index is 1.99. The second-order valence-corrected chi connectivity index (χ2v) is 5.65. The highest BCUT2D eigenvalue weighted by Crippen LogP contribution is 2.51. The van der Waals surface area contributed by atoms with Crippen LogP contribution in [0.25, 0.3) is 0 Å². The van der Waals surface area contributed by atoms with Crippen LogP contribution in [0.15, 0.2) is 12.1 Å². The van der Waals surface area contributed by atoms with Crippen LogP contribution in [0.4, 0.5) is 8.78 Å². The lowest BCUT2D eigenvalue weighted by molar-refractivity contribution is 0.335. The summed E-state index contributed by atoms with van der Waals surface area (Å²) in [6, 6.07) is 3.90. The lowest BCUT2D eigenvalue weighted by atomic mass is 9.92. The van der Waals surface area contributed by atoms with E-state index >= 15 is 0 Å². The van der Waals surface area contributed by atoms with E-state index in [2.05, 4.69) is 19.2 Å². The molecule has 0 unspecified atom stereocenters. The largest absolute Gasteiger partial charge is 0.312 e. The van der Waals surface area contributed by atoms with Gasteiger partial charge in [-0.25, -0.2) is 8.78 Å². The van der Waals surface area contributed by atoms with Gasteiger partial charge in [0.05, 0.1) is 11.6 Å². The monoisotopic (exact) mass is 264 g/mol. The molecule has 1 aromatic rings. The van der Waals surface area contributed by atoms with Gasteiger partial charge >= 0.3 is 0 Å². The van der Waals surface area contributed by atoms with Gasteiger partial charge in [0.15, 0.2) is 0 Å². The van der Waals surface area contributed by atoms with Crippen molar-refractivity contribution in [2.24, 2.45) is 11.3 Å². The zero-order chi connectivity index (χ0) is 14.0. The minimum absolute atomic E-state index is 0.0126. The second kappa shape index (κ2) is 5.26. The van der Waals surface area contributed by atoms with Crippen LogP contribution in [0.2, 0.25) is 0 Å². The third-order valence-electron chi connectivity index (χ3n) is 4.17. The van der Waals surface area contributed by atoms with Crippen molar-refractivity contribution in [3.8, 4) is 6.07 Å². The Morgan fingerprint density at radius 1 is 1.32 bits per heavy atom. The van der Waals surface area contributed by atoms with Gasteiger partial charge in [-0.1, -0.05) is 13.8 Å². The summed E-state index contributed by atoms with van der Waals surface area (Å²) in [5.74, 6) is -0.729. The van der Waals surface area contributed by atoms with Crippen LogP contribution in [0.1, 0.15) is 37.8 Å². The number of nitrogens with one attached hydrogen (secondary N) is 1. The molecule has 2 rings (SSSR count). The number of nitrogens with zero attached hydrogens (tertiary/aromatic N) is 1. The van der Waals surface area contributed by atoms with Crippen LogP contribution in [0.5, 0.6) is 0 Å². The maximum absolute atomic E-state index is 13.7. The third kappa shape index (κ3) is 2.93. The number of halogens is 2. The van der Waals surface area contributed by atoms with Crippen molar-refractivity contribution in [2.75, 3.05) is 6.54 Å². The maximum Gasteiger partial charge on any atom is 0.131 e. The topological polar surface area (TPSA) is 35.8 Å². The van der Waals surface area contributed by atoms with Crippen LogP contribution in [-0.4, -0.2) is 6.54 Å². The van der Waals surface area contributed by atoms with E-state index in [0.29, 0.717) is 11.3 Å². The van der Waals surface area contributed by atoms with Crippen molar-refractivity contribution < 1.29 is 8.78 Å². The molecule has 4 heteroatoms. The van der Waals surface area contributed by atoms with Gasteiger partial charge in [0, 0.05) is 18.7 Å². The first kappa shape index (κ1) is 14.0. The molecule has 19 heavy (non-hydrogen) atoms. The lowest BCUT2D eigenvalue weighted by Gasteiger charge is -2.20. The summed E-state index contributed by atoms with van der Waals surface area (Å²) in [6.45, 7) is 5.30.